The Morgan fingerprint density at radius 3 is 3.21 bits per heavy atom. The molecule has 0 aliphatic heterocycles. The molecule has 0 saturated heterocycles. The summed E-state index contributed by atoms with van der Waals surface area (Å²) in [5.41, 5.74) is 2.46. The van der Waals surface area contributed by atoms with E-state index in [1.807, 2.05) is 6.07 Å². The number of ether oxygens (including phenoxy) is 1. The molecule has 1 atom stereocenters. The lowest BCUT2D eigenvalue weighted by Gasteiger charge is -2.23. The molecule has 7 heteroatoms. The quantitative estimate of drug-likeness (QED) is 0.787. The summed E-state index contributed by atoms with van der Waals surface area (Å²) >= 11 is 1.78. The van der Waals surface area contributed by atoms with Gasteiger partial charge in [-0.3, -0.25) is 9.78 Å². The number of aryl methyl sites for hydroxylation is 2. The van der Waals surface area contributed by atoms with Crippen LogP contribution in [0.4, 0.5) is 5.69 Å². The van der Waals surface area contributed by atoms with Gasteiger partial charge in [0.2, 0.25) is 0 Å². The predicted octanol–water partition coefficient (Wildman–Crippen LogP) is 2.71. The lowest BCUT2D eigenvalue weighted by Crippen LogP contribution is -2.27. The van der Waals surface area contributed by atoms with Crippen molar-refractivity contribution in [2.75, 3.05) is 25.6 Å². The Morgan fingerprint density at radius 1 is 1.50 bits per heavy atom. The molecule has 24 heavy (non-hydrogen) atoms. The predicted molar refractivity (Wildman–Crippen MR) is 94.6 cm³/mol. The molecule has 2 heterocycles. The summed E-state index contributed by atoms with van der Waals surface area (Å²) in [6, 6.07) is 3.88. The van der Waals surface area contributed by atoms with Gasteiger partial charge in [-0.25, -0.2) is 4.98 Å². The van der Waals surface area contributed by atoms with Crippen LogP contribution < -0.4 is 10.6 Å². The van der Waals surface area contributed by atoms with E-state index in [0.29, 0.717) is 18.8 Å². The van der Waals surface area contributed by atoms with Crippen LogP contribution in [0, 0.1) is 6.92 Å². The molecular formula is C17H22N4O2S. The van der Waals surface area contributed by atoms with Gasteiger partial charge in [0.25, 0.3) is 5.91 Å². The largest absolute Gasteiger partial charge is 0.383 e. The highest BCUT2D eigenvalue weighted by Gasteiger charge is 2.24. The molecule has 0 bridgehead atoms. The maximum atomic E-state index is 12.1. The molecule has 2 N–H and O–H groups in total. The highest BCUT2D eigenvalue weighted by Crippen LogP contribution is 2.35. The third kappa shape index (κ3) is 3.91. The second kappa shape index (κ2) is 7.72. The second-order valence-electron chi connectivity index (χ2n) is 5.81. The molecule has 1 aliphatic rings. The van der Waals surface area contributed by atoms with Crippen molar-refractivity contribution in [3.05, 3.63) is 39.6 Å². The normalized spacial score (nSPS) is 16.5. The molecule has 0 radical (unpaired) electrons. The van der Waals surface area contributed by atoms with Gasteiger partial charge in [0.1, 0.15) is 5.69 Å². The van der Waals surface area contributed by atoms with Crippen molar-refractivity contribution in [3.8, 4) is 0 Å². The van der Waals surface area contributed by atoms with Crippen LogP contribution in [0.3, 0.4) is 0 Å². The maximum absolute atomic E-state index is 12.1. The van der Waals surface area contributed by atoms with Crippen molar-refractivity contribution >= 4 is 22.9 Å². The molecule has 6 nitrogen and oxygen atoms in total. The standard InChI is InChI=1S/C17H22N4O2S/c1-11-20-16-13(4-3-5-15(16)24-11)21-12-6-7-18-14(10-12)17(22)19-8-9-23-2/h6-7,10,13H,3-5,8-9H2,1-2H3,(H,18,21)(H,19,22)/t13-/m0/s1. The summed E-state index contributed by atoms with van der Waals surface area (Å²) < 4.78 is 4.93. The van der Waals surface area contributed by atoms with E-state index >= 15 is 0 Å². The van der Waals surface area contributed by atoms with Crippen molar-refractivity contribution in [3.63, 3.8) is 0 Å². The SMILES string of the molecule is COCCNC(=O)c1cc(N[C@H]2CCCc3sc(C)nc32)ccn1. The van der Waals surface area contributed by atoms with Crippen LogP contribution in [0.15, 0.2) is 18.3 Å². The Labute approximate surface area is 145 Å². The van der Waals surface area contributed by atoms with Gasteiger partial charge < -0.3 is 15.4 Å². The highest BCUT2D eigenvalue weighted by atomic mass is 32.1. The van der Waals surface area contributed by atoms with Crippen molar-refractivity contribution in [1.82, 2.24) is 15.3 Å². The van der Waals surface area contributed by atoms with Crippen molar-refractivity contribution in [1.29, 1.82) is 0 Å². The zero-order valence-corrected chi connectivity index (χ0v) is 14.8. The first-order valence-electron chi connectivity index (χ1n) is 8.13. The first-order valence-corrected chi connectivity index (χ1v) is 8.95. The van der Waals surface area contributed by atoms with Crippen LogP contribution in [0.2, 0.25) is 0 Å². The van der Waals surface area contributed by atoms with Crippen molar-refractivity contribution in [2.24, 2.45) is 0 Å². The zero-order valence-electron chi connectivity index (χ0n) is 14.0. The molecule has 0 unspecified atom stereocenters. The number of anilines is 1. The number of nitrogens with zero attached hydrogens (tertiary/aromatic N) is 2. The molecule has 3 rings (SSSR count). The number of hydrogen-bond acceptors (Lipinski definition) is 6. The number of fused-ring (bicyclic) bond motifs is 1. The Hall–Kier alpha value is -1.99. The fourth-order valence-electron chi connectivity index (χ4n) is 2.88. The minimum atomic E-state index is -0.190. The number of methoxy groups -OCH3 is 1. The van der Waals surface area contributed by atoms with Crippen LogP contribution in [0.1, 0.15) is 45.0 Å². The molecule has 0 fully saturated rings. The summed E-state index contributed by atoms with van der Waals surface area (Å²) in [5.74, 6) is -0.190. The van der Waals surface area contributed by atoms with Gasteiger partial charge in [-0.15, -0.1) is 11.3 Å². The van der Waals surface area contributed by atoms with Gasteiger partial charge in [-0.2, -0.15) is 0 Å². The van der Waals surface area contributed by atoms with Crippen LogP contribution >= 0.6 is 11.3 Å². The van der Waals surface area contributed by atoms with E-state index in [-0.39, 0.29) is 11.9 Å². The highest BCUT2D eigenvalue weighted by molar-refractivity contribution is 7.11. The van der Waals surface area contributed by atoms with Crippen LogP contribution in [-0.2, 0) is 11.2 Å². The molecule has 128 valence electrons. The van der Waals surface area contributed by atoms with Gasteiger partial charge >= 0.3 is 0 Å². The van der Waals surface area contributed by atoms with Crippen LogP contribution in [0.25, 0.3) is 0 Å². The molecular weight excluding hydrogens is 324 g/mol. The molecule has 2 aromatic rings. The van der Waals surface area contributed by atoms with E-state index in [0.717, 1.165) is 35.7 Å². The molecule has 2 aromatic heterocycles. The summed E-state index contributed by atoms with van der Waals surface area (Å²) in [4.78, 5) is 22.3. The van der Waals surface area contributed by atoms with E-state index in [1.54, 1.807) is 30.7 Å². The Balaban J connectivity index is 1.70. The van der Waals surface area contributed by atoms with Crippen molar-refractivity contribution in [2.45, 2.75) is 32.2 Å². The van der Waals surface area contributed by atoms with E-state index in [9.17, 15) is 4.79 Å². The third-order valence-electron chi connectivity index (χ3n) is 3.99. The number of amides is 1. The van der Waals surface area contributed by atoms with E-state index < -0.39 is 0 Å². The average molecular weight is 346 g/mol. The minimum Gasteiger partial charge on any atom is -0.383 e. The minimum absolute atomic E-state index is 0.190. The van der Waals surface area contributed by atoms with E-state index in [4.69, 9.17) is 4.74 Å². The number of aromatic nitrogens is 2. The zero-order chi connectivity index (χ0) is 16.9. The average Bonchev–Trinajstić information content (AvgIpc) is 2.97. The first kappa shape index (κ1) is 16.9. The van der Waals surface area contributed by atoms with Gasteiger partial charge in [0, 0.05) is 30.4 Å². The number of thiazole rings is 1. The smallest absolute Gasteiger partial charge is 0.270 e. The summed E-state index contributed by atoms with van der Waals surface area (Å²) in [6.45, 7) is 3.01. The molecule has 0 aromatic carbocycles. The second-order valence-corrected chi connectivity index (χ2v) is 7.10. The monoisotopic (exact) mass is 346 g/mol. The van der Waals surface area contributed by atoms with Crippen LogP contribution in [-0.4, -0.2) is 36.1 Å². The number of carbonyl (C=O) groups excluding carboxylic acids is 1. The molecule has 0 spiro atoms. The number of carbonyl (C=O) groups is 1. The third-order valence-corrected chi connectivity index (χ3v) is 5.03. The maximum Gasteiger partial charge on any atom is 0.270 e. The molecule has 1 aliphatic carbocycles. The Bertz CT molecular complexity index is 716. The lowest BCUT2D eigenvalue weighted by atomic mass is 9.97. The number of pyridine rings is 1. The lowest BCUT2D eigenvalue weighted by molar-refractivity contribution is 0.0932. The number of rotatable bonds is 6. The van der Waals surface area contributed by atoms with Crippen LogP contribution in [0.5, 0.6) is 0 Å². The number of nitrogens with one attached hydrogen (secondary N) is 2. The molecule has 1 amide bonds. The van der Waals surface area contributed by atoms with Gasteiger partial charge in [0.15, 0.2) is 0 Å². The summed E-state index contributed by atoms with van der Waals surface area (Å²) in [7, 11) is 1.60. The molecule has 0 saturated carbocycles. The Kier molecular flexibility index (Phi) is 5.42. The van der Waals surface area contributed by atoms with Gasteiger partial charge in [-0.05, 0) is 38.3 Å². The topological polar surface area (TPSA) is 76.1 Å². The summed E-state index contributed by atoms with van der Waals surface area (Å²) in [6.07, 6.45) is 4.97. The fourth-order valence-corrected chi connectivity index (χ4v) is 3.92. The van der Waals surface area contributed by atoms with E-state index in [1.165, 1.54) is 4.88 Å². The fraction of sp³-hybridized carbons (Fsp3) is 0.471. The summed E-state index contributed by atoms with van der Waals surface area (Å²) in [5, 5.41) is 7.41. The number of hydrogen-bond donors (Lipinski definition) is 2. The van der Waals surface area contributed by atoms with Gasteiger partial charge in [-0.1, -0.05) is 0 Å². The Morgan fingerprint density at radius 2 is 2.38 bits per heavy atom. The first-order chi connectivity index (χ1) is 11.7. The van der Waals surface area contributed by atoms with Crippen molar-refractivity contribution < 1.29 is 9.53 Å². The van der Waals surface area contributed by atoms with E-state index in [2.05, 4.69) is 27.5 Å². The van der Waals surface area contributed by atoms with Gasteiger partial charge in [0.05, 0.1) is 23.4 Å².